The number of aromatic nitrogens is 2. The normalized spacial score (nSPS) is 10.7. The van der Waals surface area contributed by atoms with Crippen molar-refractivity contribution < 1.29 is 28.5 Å². The number of nitrogens with one attached hydrogen (secondary N) is 1. The number of para-hydroxylation sites is 2. The zero-order valence-corrected chi connectivity index (χ0v) is 22.2. The molecular weight excluding hydrogens is 486 g/mol. The van der Waals surface area contributed by atoms with Gasteiger partial charge in [-0.25, -0.2) is 4.98 Å². The van der Waals surface area contributed by atoms with Crippen molar-refractivity contribution in [3.8, 4) is 28.7 Å². The maximum Gasteiger partial charge on any atom is 0.251 e. The predicted octanol–water partition coefficient (Wildman–Crippen LogP) is 4.51. The van der Waals surface area contributed by atoms with Crippen molar-refractivity contribution in [3.05, 3.63) is 72.1 Å². The van der Waals surface area contributed by atoms with Crippen LogP contribution in [0.5, 0.6) is 28.7 Å². The van der Waals surface area contributed by atoms with Gasteiger partial charge in [-0.3, -0.25) is 4.79 Å². The van der Waals surface area contributed by atoms with Crippen LogP contribution in [0.3, 0.4) is 0 Å². The van der Waals surface area contributed by atoms with Crippen molar-refractivity contribution in [2.75, 3.05) is 41.6 Å². The third kappa shape index (κ3) is 6.11. The fraction of sp³-hybridized carbons (Fsp3) is 0.310. The van der Waals surface area contributed by atoms with E-state index in [1.165, 1.54) is 21.3 Å². The molecule has 0 unspecified atom stereocenters. The van der Waals surface area contributed by atoms with Crippen LogP contribution in [0.1, 0.15) is 22.6 Å². The number of aryl methyl sites for hydroxylation is 1. The highest BCUT2D eigenvalue weighted by Gasteiger charge is 2.17. The second kappa shape index (κ2) is 12.7. The largest absolute Gasteiger partial charge is 0.497 e. The molecule has 200 valence electrons. The number of methoxy groups -OCH3 is 4. The average molecular weight is 520 g/mol. The second-order valence-electron chi connectivity index (χ2n) is 8.47. The van der Waals surface area contributed by atoms with Crippen LogP contribution in [0.2, 0.25) is 0 Å². The number of carbonyl (C=O) groups excluding carboxylic acids is 1. The lowest BCUT2D eigenvalue weighted by Gasteiger charge is -2.14. The molecule has 4 aromatic rings. The molecule has 0 aliphatic heterocycles. The fourth-order valence-electron chi connectivity index (χ4n) is 4.25. The van der Waals surface area contributed by atoms with Gasteiger partial charge < -0.3 is 33.6 Å². The molecule has 0 atom stereocenters. The van der Waals surface area contributed by atoms with E-state index in [2.05, 4.69) is 16.0 Å². The summed E-state index contributed by atoms with van der Waals surface area (Å²) in [6, 6.07) is 18.9. The van der Waals surface area contributed by atoms with Crippen LogP contribution in [0.25, 0.3) is 11.0 Å². The van der Waals surface area contributed by atoms with Crippen LogP contribution in [-0.2, 0) is 13.0 Å². The number of hydrogen-bond donors (Lipinski definition) is 1. The van der Waals surface area contributed by atoms with Crippen molar-refractivity contribution in [3.63, 3.8) is 0 Å². The number of imidazole rings is 1. The standard InChI is InChI=1S/C29H33N3O6/c1-34-21-10-12-22(13-11-21)38-17-7-16-32-24-9-6-5-8-23(24)31-27(32)14-15-30-29(33)20-18-25(35-2)28(37-4)26(19-20)36-3/h5-6,8-13,18-19H,7,14-17H2,1-4H3,(H,30,33). The summed E-state index contributed by atoms with van der Waals surface area (Å²) < 4.78 is 29.4. The Hall–Kier alpha value is -4.40. The molecular formula is C29H33N3O6. The van der Waals surface area contributed by atoms with Crippen molar-refractivity contribution in [2.24, 2.45) is 0 Å². The summed E-state index contributed by atoms with van der Waals surface area (Å²) in [5, 5.41) is 2.98. The molecule has 0 radical (unpaired) electrons. The maximum atomic E-state index is 12.9. The van der Waals surface area contributed by atoms with E-state index in [-0.39, 0.29) is 5.91 Å². The first-order chi connectivity index (χ1) is 18.6. The zero-order chi connectivity index (χ0) is 26.9. The quantitative estimate of drug-likeness (QED) is 0.260. The lowest BCUT2D eigenvalue weighted by molar-refractivity contribution is 0.0953. The molecule has 0 fully saturated rings. The zero-order valence-electron chi connectivity index (χ0n) is 22.2. The van der Waals surface area contributed by atoms with Gasteiger partial charge in [0.25, 0.3) is 5.91 Å². The molecule has 4 rings (SSSR count). The maximum absolute atomic E-state index is 12.9. The van der Waals surface area contributed by atoms with Gasteiger partial charge in [-0.1, -0.05) is 12.1 Å². The first-order valence-electron chi connectivity index (χ1n) is 12.4. The molecule has 0 saturated heterocycles. The Morgan fingerprint density at radius 2 is 1.55 bits per heavy atom. The highest BCUT2D eigenvalue weighted by atomic mass is 16.5. The number of benzene rings is 3. The Morgan fingerprint density at radius 3 is 2.21 bits per heavy atom. The second-order valence-corrected chi connectivity index (χ2v) is 8.47. The van der Waals surface area contributed by atoms with E-state index < -0.39 is 0 Å². The van der Waals surface area contributed by atoms with Crippen LogP contribution in [0.4, 0.5) is 0 Å². The molecule has 0 bridgehead atoms. The summed E-state index contributed by atoms with van der Waals surface area (Å²) >= 11 is 0. The lowest BCUT2D eigenvalue weighted by Crippen LogP contribution is -2.26. The van der Waals surface area contributed by atoms with E-state index in [0.29, 0.717) is 42.4 Å². The Bertz CT molecular complexity index is 1340. The minimum absolute atomic E-state index is 0.236. The summed E-state index contributed by atoms with van der Waals surface area (Å²) in [7, 11) is 6.20. The van der Waals surface area contributed by atoms with E-state index >= 15 is 0 Å². The summed E-state index contributed by atoms with van der Waals surface area (Å²) in [6.45, 7) is 1.73. The number of hydrogen-bond acceptors (Lipinski definition) is 7. The molecule has 9 nitrogen and oxygen atoms in total. The molecule has 1 amide bonds. The molecule has 0 aliphatic carbocycles. The minimum atomic E-state index is -0.236. The third-order valence-electron chi connectivity index (χ3n) is 6.15. The first-order valence-corrected chi connectivity index (χ1v) is 12.4. The van der Waals surface area contributed by atoms with Gasteiger partial charge in [0.2, 0.25) is 5.75 Å². The number of nitrogens with zero attached hydrogens (tertiary/aromatic N) is 2. The minimum Gasteiger partial charge on any atom is -0.497 e. The van der Waals surface area contributed by atoms with E-state index in [1.807, 2.05) is 42.5 Å². The Balaban J connectivity index is 1.39. The SMILES string of the molecule is COc1ccc(OCCCn2c(CCNC(=O)c3cc(OC)c(OC)c(OC)c3)nc3ccccc32)cc1. The van der Waals surface area contributed by atoms with Crippen molar-refractivity contribution >= 4 is 16.9 Å². The van der Waals surface area contributed by atoms with E-state index in [9.17, 15) is 4.79 Å². The molecule has 3 aromatic carbocycles. The van der Waals surface area contributed by atoms with Gasteiger partial charge in [0, 0.05) is 25.1 Å². The number of carbonyl (C=O) groups is 1. The van der Waals surface area contributed by atoms with Crippen LogP contribution < -0.4 is 29.0 Å². The summed E-state index contributed by atoms with van der Waals surface area (Å²) in [6.07, 6.45) is 1.38. The molecule has 1 heterocycles. The number of fused-ring (bicyclic) bond motifs is 1. The van der Waals surface area contributed by atoms with Gasteiger partial charge in [0.05, 0.1) is 46.1 Å². The van der Waals surface area contributed by atoms with Gasteiger partial charge in [0.1, 0.15) is 17.3 Å². The van der Waals surface area contributed by atoms with Crippen molar-refractivity contribution in [1.29, 1.82) is 0 Å². The topological polar surface area (TPSA) is 93.1 Å². The van der Waals surface area contributed by atoms with E-state index in [1.54, 1.807) is 19.2 Å². The van der Waals surface area contributed by atoms with Gasteiger partial charge in [-0.05, 0) is 55.0 Å². The molecule has 1 N–H and O–H groups in total. The van der Waals surface area contributed by atoms with Crippen LogP contribution in [0, 0.1) is 0 Å². The average Bonchev–Trinajstić information content (AvgIpc) is 3.31. The van der Waals surface area contributed by atoms with E-state index in [0.717, 1.165) is 41.3 Å². The van der Waals surface area contributed by atoms with Crippen LogP contribution in [0.15, 0.2) is 60.7 Å². The van der Waals surface area contributed by atoms with Gasteiger partial charge in [-0.2, -0.15) is 0 Å². The number of amides is 1. The molecule has 0 spiro atoms. The molecule has 1 aromatic heterocycles. The Labute approximate surface area is 222 Å². The van der Waals surface area contributed by atoms with E-state index in [4.69, 9.17) is 28.7 Å². The Morgan fingerprint density at radius 1 is 0.868 bits per heavy atom. The van der Waals surface area contributed by atoms with Crippen molar-refractivity contribution in [1.82, 2.24) is 14.9 Å². The molecule has 0 saturated carbocycles. The van der Waals surface area contributed by atoms with Crippen LogP contribution >= 0.6 is 0 Å². The summed E-state index contributed by atoms with van der Waals surface area (Å²) in [4.78, 5) is 17.7. The summed E-state index contributed by atoms with van der Waals surface area (Å²) in [5.74, 6) is 3.56. The predicted molar refractivity (Wildman–Crippen MR) is 145 cm³/mol. The molecule has 0 aliphatic rings. The highest BCUT2D eigenvalue weighted by Crippen LogP contribution is 2.38. The monoisotopic (exact) mass is 519 g/mol. The Kier molecular flexibility index (Phi) is 8.92. The first kappa shape index (κ1) is 26.7. The van der Waals surface area contributed by atoms with Gasteiger partial charge in [-0.15, -0.1) is 0 Å². The fourth-order valence-corrected chi connectivity index (χ4v) is 4.25. The third-order valence-corrected chi connectivity index (χ3v) is 6.15. The number of ether oxygens (including phenoxy) is 5. The van der Waals surface area contributed by atoms with Crippen LogP contribution in [-0.4, -0.2) is 57.0 Å². The van der Waals surface area contributed by atoms with Gasteiger partial charge >= 0.3 is 0 Å². The lowest BCUT2D eigenvalue weighted by atomic mass is 10.1. The molecule has 9 heteroatoms. The summed E-state index contributed by atoms with van der Waals surface area (Å²) in [5.41, 5.74) is 2.40. The van der Waals surface area contributed by atoms with Crippen molar-refractivity contribution in [2.45, 2.75) is 19.4 Å². The smallest absolute Gasteiger partial charge is 0.251 e. The highest BCUT2D eigenvalue weighted by molar-refractivity contribution is 5.95. The molecule has 38 heavy (non-hydrogen) atoms. The van der Waals surface area contributed by atoms with Gasteiger partial charge in [0.15, 0.2) is 11.5 Å². The number of rotatable bonds is 13.